The second-order valence-electron chi connectivity index (χ2n) is 10.4. The first-order valence-electron chi connectivity index (χ1n) is 12.4. The lowest BCUT2D eigenvalue weighted by atomic mass is 10.0. The fourth-order valence-corrected chi connectivity index (χ4v) is 6.04. The molecule has 0 unspecified atom stereocenters. The monoisotopic (exact) mass is 567 g/mol. The van der Waals surface area contributed by atoms with Gasteiger partial charge in [-0.05, 0) is 56.2 Å². The number of amides is 3. The van der Waals surface area contributed by atoms with Crippen LogP contribution in [0.5, 0.6) is 0 Å². The highest BCUT2D eigenvalue weighted by atomic mass is 35.5. The third-order valence-electron chi connectivity index (χ3n) is 6.23. The molecule has 1 heterocycles. The lowest BCUT2D eigenvalue weighted by molar-refractivity contribution is -0.141. The van der Waals surface area contributed by atoms with Gasteiger partial charge in [-0.1, -0.05) is 66.2 Å². The first kappa shape index (κ1) is 28.3. The first-order valence-corrected chi connectivity index (χ1v) is 14.2. The quantitative estimate of drug-likeness (QED) is 0.442. The maximum atomic E-state index is 13.9. The van der Waals surface area contributed by atoms with E-state index in [1.807, 2.05) is 51.1 Å². The van der Waals surface area contributed by atoms with Crippen molar-refractivity contribution < 1.29 is 22.8 Å². The van der Waals surface area contributed by atoms with Crippen molar-refractivity contribution in [3.8, 4) is 0 Å². The van der Waals surface area contributed by atoms with E-state index >= 15 is 0 Å². The molecule has 10 heteroatoms. The molecule has 39 heavy (non-hydrogen) atoms. The van der Waals surface area contributed by atoms with Crippen LogP contribution in [0, 0.1) is 0 Å². The Balaban J connectivity index is 1.72. The summed E-state index contributed by atoms with van der Waals surface area (Å²) in [6.07, 6.45) is 0.184. The van der Waals surface area contributed by atoms with Crippen molar-refractivity contribution in [2.45, 2.75) is 50.2 Å². The molecule has 3 aromatic rings. The molecule has 4 rings (SSSR count). The molecule has 1 atom stereocenters. The van der Waals surface area contributed by atoms with Gasteiger partial charge in [0.1, 0.15) is 17.5 Å². The maximum Gasteiger partial charge on any atom is 0.269 e. The van der Waals surface area contributed by atoms with Gasteiger partial charge in [-0.3, -0.25) is 14.4 Å². The van der Waals surface area contributed by atoms with Crippen LogP contribution < -0.4 is 5.32 Å². The Labute approximate surface area is 233 Å². The molecular formula is C29H30ClN3O5S. The number of nitrogens with zero attached hydrogens (tertiary/aromatic N) is 2. The predicted molar refractivity (Wildman–Crippen MR) is 148 cm³/mol. The van der Waals surface area contributed by atoms with Crippen molar-refractivity contribution in [1.29, 1.82) is 0 Å². The van der Waals surface area contributed by atoms with Crippen LogP contribution >= 0.6 is 11.6 Å². The van der Waals surface area contributed by atoms with Crippen LogP contribution in [0.2, 0.25) is 5.02 Å². The van der Waals surface area contributed by atoms with Crippen molar-refractivity contribution in [2.75, 3.05) is 6.54 Å². The Morgan fingerprint density at radius 1 is 0.923 bits per heavy atom. The van der Waals surface area contributed by atoms with Gasteiger partial charge in [0.15, 0.2) is 0 Å². The van der Waals surface area contributed by atoms with Gasteiger partial charge in [-0.2, -0.15) is 0 Å². The maximum absolute atomic E-state index is 13.9. The van der Waals surface area contributed by atoms with E-state index in [0.717, 1.165) is 5.56 Å². The molecule has 0 aliphatic carbocycles. The normalized spacial score (nSPS) is 15.0. The van der Waals surface area contributed by atoms with Gasteiger partial charge < -0.3 is 10.2 Å². The number of rotatable bonds is 8. The Bertz CT molecular complexity index is 1490. The van der Waals surface area contributed by atoms with Crippen molar-refractivity contribution in [3.05, 3.63) is 101 Å². The smallest absolute Gasteiger partial charge is 0.269 e. The lowest BCUT2D eigenvalue weighted by Gasteiger charge is -2.34. The van der Waals surface area contributed by atoms with Gasteiger partial charge in [0.2, 0.25) is 11.8 Å². The fraction of sp³-hybridized carbons (Fsp3) is 0.276. The van der Waals surface area contributed by atoms with Gasteiger partial charge in [0, 0.05) is 23.5 Å². The Hall–Kier alpha value is -3.69. The fourth-order valence-electron chi connectivity index (χ4n) is 4.39. The highest BCUT2D eigenvalue weighted by molar-refractivity contribution is 7.90. The third kappa shape index (κ3) is 6.49. The molecule has 3 aromatic carbocycles. The standard InChI is InChI=1S/C29H30ClN3O5S/c1-29(2,3)31-27(35)24(17-20-9-5-4-6-10-20)32(18-21-13-15-22(30)16-14-21)26(34)19-33-28(36)23-11-7-8-12-25(23)39(33,37)38/h4-16,24H,17-19H2,1-3H3,(H,31,35)/t24-/m0/s1. The van der Waals surface area contributed by atoms with Gasteiger partial charge in [-0.25, -0.2) is 12.7 Å². The summed E-state index contributed by atoms with van der Waals surface area (Å²) in [5, 5.41) is 3.46. The molecule has 0 saturated heterocycles. The van der Waals surface area contributed by atoms with Crippen molar-refractivity contribution in [1.82, 2.24) is 14.5 Å². The first-order chi connectivity index (χ1) is 18.4. The van der Waals surface area contributed by atoms with E-state index in [1.54, 1.807) is 30.3 Å². The molecule has 0 spiro atoms. The Kier molecular flexibility index (Phi) is 8.13. The van der Waals surface area contributed by atoms with Crippen LogP contribution in [0.1, 0.15) is 42.3 Å². The number of hydrogen-bond acceptors (Lipinski definition) is 5. The zero-order valence-corrected chi connectivity index (χ0v) is 23.5. The van der Waals surface area contributed by atoms with E-state index < -0.39 is 45.9 Å². The van der Waals surface area contributed by atoms with Crippen LogP contribution in [0.3, 0.4) is 0 Å². The third-order valence-corrected chi connectivity index (χ3v) is 8.27. The number of fused-ring (bicyclic) bond motifs is 1. The summed E-state index contributed by atoms with van der Waals surface area (Å²) in [5.74, 6) is -1.85. The molecular weight excluding hydrogens is 538 g/mol. The number of carbonyl (C=O) groups excluding carboxylic acids is 3. The molecule has 0 bridgehead atoms. The number of carbonyl (C=O) groups is 3. The van der Waals surface area contributed by atoms with Gasteiger partial charge in [0.25, 0.3) is 15.9 Å². The van der Waals surface area contributed by atoms with Gasteiger partial charge >= 0.3 is 0 Å². The molecule has 3 amide bonds. The Morgan fingerprint density at radius 2 is 1.54 bits per heavy atom. The summed E-state index contributed by atoms with van der Waals surface area (Å²) in [4.78, 5) is 41.8. The summed E-state index contributed by atoms with van der Waals surface area (Å²) in [6, 6.07) is 20.9. The zero-order chi connectivity index (χ0) is 28.4. The second-order valence-corrected chi connectivity index (χ2v) is 12.7. The van der Waals surface area contributed by atoms with Crippen LogP contribution in [-0.4, -0.2) is 53.5 Å². The summed E-state index contributed by atoms with van der Waals surface area (Å²) >= 11 is 6.05. The van der Waals surface area contributed by atoms with E-state index in [1.165, 1.54) is 23.1 Å². The topological polar surface area (TPSA) is 104 Å². The van der Waals surface area contributed by atoms with Crippen LogP contribution in [0.4, 0.5) is 0 Å². The number of halogens is 1. The molecule has 0 saturated carbocycles. The molecule has 204 valence electrons. The average molecular weight is 568 g/mol. The molecule has 1 aliphatic heterocycles. The summed E-state index contributed by atoms with van der Waals surface area (Å²) in [7, 11) is -4.22. The molecule has 0 fully saturated rings. The van der Waals surface area contributed by atoms with E-state index in [0.29, 0.717) is 14.9 Å². The number of nitrogens with one attached hydrogen (secondary N) is 1. The van der Waals surface area contributed by atoms with E-state index in [4.69, 9.17) is 11.6 Å². The molecule has 1 aliphatic rings. The molecule has 8 nitrogen and oxygen atoms in total. The largest absolute Gasteiger partial charge is 0.350 e. The van der Waals surface area contributed by atoms with Gasteiger partial charge in [0.05, 0.1) is 5.56 Å². The second kappa shape index (κ2) is 11.2. The molecule has 0 aromatic heterocycles. The van der Waals surface area contributed by atoms with E-state index in [2.05, 4.69) is 5.32 Å². The van der Waals surface area contributed by atoms with Crippen LogP contribution in [-0.2, 0) is 32.6 Å². The molecule has 1 N–H and O–H groups in total. The number of benzene rings is 3. The summed E-state index contributed by atoms with van der Waals surface area (Å²) in [5.41, 5.74) is 0.934. The summed E-state index contributed by atoms with van der Waals surface area (Å²) in [6.45, 7) is 4.77. The van der Waals surface area contributed by atoms with E-state index in [-0.39, 0.29) is 23.4 Å². The average Bonchev–Trinajstić information content (AvgIpc) is 3.07. The van der Waals surface area contributed by atoms with Crippen molar-refractivity contribution in [3.63, 3.8) is 0 Å². The lowest BCUT2D eigenvalue weighted by Crippen LogP contribution is -2.56. The van der Waals surface area contributed by atoms with E-state index in [9.17, 15) is 22.8 Å². The summed E-state index contributed by atoms with van der Waals surface area (Å²) < 4.78 is 26.9. The minimum atomic E-state index is -4.22. The predicted octanol–water partition coefficient (Wildman–Crippen LogP) is 4.04. The highest BCUT2D eigenvalue weighted by Crippen LogP contribution is 2.30. The zero-order valence-electron chi connectivity index (χ0n) is 21.9. The SMILES string of the molecule is CC(C)(C)NC(=O)[C@H](Cc1ccccc1)N(Cc1ccc(Cl)cc1)C(=O)CN1C(=O)c2ccccc2S1(=O)=O. The highest BCUT2D eigenvalue weighted by Gasteiger charge is 2.43. The number of hydrogen-bond donors (Lipinski definition) is 1. The minimum Gasteiger partial charge on any atom is -0.350 e. The Morgan fingerprint density at radius 3 is 2.15 bits per heavy atom. The van der Waals surface area contributed by atoms with Crippen molar-refractivity contribution >= 4 is 39.3 Å². The van der Waals surface area contributed by atoms with Gasteiger partial charge in [-0.15, -0.1) is 0 Å². The van der Waals surface area contributed by atoms with Crippen LogP contribution in [0.15, 0.2) is 83.8 Å². The van der Waals surface area contributed by atoms with Crippen molar-refractivity contribution in [2.24, 2.45) is 0 Å². The van der Waals surface area contributed by atoms with Crippen LogP contribution in [0.25, 0.3) is 0 Å². The molecule has 0 radical (unpaired) electrons. The minimum absolute atomic E-state index is 0.0000911. The number of sulfonamides is 1.